The van der Waals surface area contributed by atoms with E-state index in [4.69, 9.17) is 18.0 Å². The Balaban J connectivity index is 1.88. The zero-order valence-corrected chi connectivity index (χ0v) is 23.4. The molecular weight excluding hydrogens is 534 g/mol. The van der Waals surface area contributed by atoms with E-state index in [0.29, 0.717) is 0 Å². The minimum Gasteiger partial charge on any atom is -0.508 e. The molecule has 12 heteroatoms. The molecule has 0 saturated carbocycles. The highest BCUT2D eigenvalue weighted by molar-refractivity contribution is 7.80. The lowest BCUT2D eigenvalue weighted by Gasteiger charge is -2.23. The Labute approximate surface area is 238 Å². The molecule has 8 N–H and O–H groups in total. The maximum atomic E-state index is 13.0. The van der Waals surface area contributed by atoms with Gasteiger partial charge in [0, 0.05) is 6.42 Å². The number of aromatic hydroxyl groups is 1. The van der Waals surface area contributed by atoms with Crippen LogP contribution >= 0.6 is 12.2 Å². The lowest BCUT2D eigenvalue weighted by atomic mass is 10.0. The number of aliphatic carboxylic acids is 1. The molecule has 3 amide bonds. The summed E-state index contributed by atoms with van der Waals surface area (Å²) in [6, 6.07) is 12.5. The van der Waals surface area contributed by atoms with Crippen LogP contribution in [0, 0.1) is 5.92 Å². The van der Waals surface area contributed by atoms with Gasteiger partial charge in [-0.25, -0.2) is 4.79 Å². The molecule has 0 bridgehead atoms. The Morgan fingerprint density at radius 1 is 0.825 bits per heavy atom. The van der Waals surface area contributed by atoms with Crippen LogP contribution in [-0.2, 0) is 32.0 Å². The second kappa shape index (κ2) is 16.2. The van der Waals surface area contributed by atoms with E-state index in [1.54, 1.807) is 36.4 Å². The van der Waals surface area contributed by atoms with Gasteiger partial charge in [-0.1, -0.05) is 68.5 Å². The molecule has 0 aliphatic rings. The van der Waals surface area contributed by atoms with Crippen molar-refractivity contribution in [2.75, 3.05) is 13.1 Å². The SMILES string of the molecule is CC(C)C[C@H](NC(=O)[C@H](Cc1ccccc1)NC(=O)CNC(=S)CNC(=O)[C@@H](N)Cc1ccc(O)cc1)C(=O)O. The topological polar surface area (TPSA) is 183 Å². The van der Waals surface area contributed by atoms with Gasteiger partial charge >= 0.3 is 5.97 Å². The van der Waals surface area contributed by atoms with E-state index in [-0.39, 0.29) is 49.0 Å². The summed E-state index contributed by atoms with van der Waals surface area (Å²) in [5, 5.41) is 29.4. The Hall–Kier alpha value is -4.03. The number of amides is 3. The van der Waals surface area contributed by atoms with Crippen LogP contribution in [0.3, 0.4) is 0 Å². The van der Waals surface area contributed by atoms with Gasteiger partial charge in [-0.3, -0.25) is 14.4 Å². The molecule has 0 heterocycles. The minimum absolute atomic E-state index is 0.0385. The molecule has 0 aliphatic heterocycles. The van der Waals surface area contributed by atoms with Crippen molar-refractivity contribution in [3.63, 3.8) is 0 Å². The number of thiocarbonyl (C=S) groups is 1. The Morgan fingerprint density at radius 2 is 1.45 bits per heavy atom. The van der Waals surface area contributed by atoms with Crippen LogP contribution in [0.25, 0.3) is 0 Å². The maximum absolute atomic E-state index is 13.0. The summed E-state index contributed by atoms with van der Waals surface area (Å²) in [5.74, 6) is -2.58. The monoisotopic (exact) mass is 571 g/mol. The molecule has 11 nitrogen and oxygen atoms in total. The zero-order valence-electron chi connectivity index (χ0n) is 22.6. The van der Waals surface area contributed by atoms with Gasteiger partial charge in [0.05, 0.1) is 24.1 Å². The number of phenols is 1. The minimum atomic E-state index is -1.15. The first kappa shape index (κ1) is 32.2. The smallest absolute Gasteiger partial charge is 0.326 e. The highest BCUT2D eigenvalue weighted by atomic mass is 32.1. The number of nitrogens with two attached hydrogens (primary N) is 1. The van der Waals surface area contributed by atoms with Crippen LogP contribution in [0.5, 0.6) is 5.75 Å². The Kier molecular flexibility index (Phi) is 13.0. The average molecular weight is 572 g/mol. The van der Waals surface area contributed by atoms with Crippen molar-refractivity contribution in [1.82, 2.24) is 21.3 Å². The van der Waals surface area contributed by atoms with Gasteiger partial charge in [0.15, 0.2) is 0 Å². The first-order chi connectivity index (χ1) is 18.9. The zero-order chi connectivity index (χ0) is 29.7. The molecule has 40 heavy (non-hydrogen) atoms. The number of hydrogen-bond donors (Lipinski definition) is 7. The van der Waals surface area contributed by atoms with Gasteiger partial charge in [0.2, 0.25) is 17.7 Å². The number of carbonyl (C=O) groups excluding carboxylic acids is 3. The standard InChI is InChI=1S/C28H37N5O6S/c1-17(2)12-23(28(38)39)33-27(37)22(14-18-6-4-3-5-7-18)32-24(35)15-30-25(40)16-31-26(36)21(29)13-19-8-10-20(34)11-9-19/h3-11,17,21-23,34H,12-16,29H2,1-2H3,(H,30,40)(H,31,36)(H,32,35)(H,33,37)(H,38,39)/t21-,22-,23-/m0/s1. The van der Waals surface area contributed by atoms with Gasteiger partial charge in [-0.2, -0.15) is 0 Å². The quantitative estimate of drug-likeness (QED) is 0.151. The van der Waals surface area contributed by atoms with Crippen LogP contribution in [0.4, 0.5) is 0 Å². The Bertz CT molecular complexity index is 1160. The first-order valence-corrected chi connectivity index (χ1v) is 13.3. The van der Waals surface area contributed by atoms with Crippen molar-refractivity contribution in [3.8, 4) is 5.75 Å². The molecule has 0 aliphatic carbocycles. The van der Waals surface area contributed by atoms with E-state index in [9.17, 15) is 29.4 Å². The number of carboxylic acids is 1. The second-order valence-electron chi connectivity index (χ2n) is 9.81. The van der Waals surface area contributed by atoms with Crippen LogP contribution in [0.2, 0.25) is 0 Å². The fraction of sp³-hybridized carbons (Fsp3) is 0.393. The van der Waals surface area contributed by atoms with E-state index in [2.05, 4.69) is 21.3 Å². The van der Waals surface area contributed by atoms with E-state index < -0.39 is 41.8 Å². The lowest BCUT2D eigenvalue weighted by molar-refractivity contribution is -0.142. The summed E-state index contributed by atoms with van der Waals surface area (Å²) in [5.41, 5.74) is 7.51. The molecule has 3 atom stereocenters. The number of hydrogen-bond acceptors (Lipinski definition) is 7. The molecule has 2 aromatic carbocycles. The first-order valence-electron chi connectivity index (χ1n) is 12.9. The molecule has 0 aromatic heterocycles. The number of nitrogens with one attached hydrogen (secondary N) is 4. The number of phenolic OH excluding ortho intramolecular Hbond substituents is 1. The summed E-state index contributed by atoms with van der Waals surface area (Å²) in [7, 11) is 0. The number of carbonyl (C=O) groups is 4. The maximum Gasteiger partial charge on any atom is 0.326 e. The van der Waals surface area contributed by atoms with E-state index in [1.165, 1.54) is 12.1 Å². The second-order valence-corrected chi connectivity index (χ2v) is 10.3. The molecule has 2 rings (SSSR count). The van der Waals surface area contributed by atoms with Crippen molar-refractivity contribution in [2.45, 2.75) is 51.2 Å². The highest BCUT2D eigenvalue weighted by Gasteiger charge is 2.27. The summed E-state index contributed by atoms with van der Waals surface area (Å²) in [6.07, 6.45) is 0.665. The summed E-state index contributed by atoms with van der Waals surface area (Å²) >= 11 is 5.20. The van der Waals surface area contributed by atoms with E-state index in [0.717, 1.165) is 11.1 Å². The van der Waals surface area contributed by atoms with Gasteiger partial charge in [-0.05, 0) is 42.0 Å². The predicted octanol–water partition coefficient (Wildman–Crippen LogP) is 0.638. The van der Waals surface area contributed by atoms with Crippen molar-refractivity contribution in [3.05, 3.63) is 65.7 Å². The van der Waals surface area contributed by atoms with Crippen LogP contribution in [0.15, 0.2) is 54.6 Å². The van der Waals surface area contributed by atoms with Crippen LogP contribution in [-0.4, -0.2) is 70.1 Å². The predicted molar refractivity (Wildman–Crippen MR) is 154 cm³/mol. The normalized spacial score (nSPS) is 13.0. The number of carboxylic acid groups (broad SMARTS) is 1. The molecular formula is C28H37N5O6S. The van der Waals surface area contributed by atoms with Gasteiger partial charge < -0.3 is 37.2 Å². The van der Waals surface area contributed by atoms with Gasteiger partial charge in [-0.15, -0.1) is 0 Å². The molecule has 0 saturated heterocycles. The summed E-state index contributed by atoms with van der Waals surface area (Å²) in [6.45, 7) is 3.40. The third-order valence-corrected chi connectivity index (χ3v) is 6.14. The fourth-order valence-electron chi connectivity index (χ4n) is 3.79. The van der Waals surface area contributed by atoms with Crippen molar-refractivity contribution in [1.29, 1.82) is 0 Å². The molecule has 0 fully saturated rings. The van der Waals surface area contributed by atoms with Crippen molar-refractivity contribution < 1.29 is 29.4 Å². The third kappa shape index (κ3) is 11.8. The molecule has 0 unspecified atom stereocenters. The number of rotatable bonds is 15. The third-order valence-electron chi connectivity index (χ3n) is 5.85. The average Bonchev–Trinajstić information content (AvgIpc) is 2.91. The molecule has 216 valence electrons. The lowest BCUT2D eigenvalue weighted by Crippen LogP contribution is -2.54. The van der Waals surface area contributed by atoms with Crippen molar-refractivity contribution >= 4 is 40.9 Å². The molecule has 2 aromatic rings. The molecule has 0 spiro atoms. The summed E-state index contributed by atoms with van der Waals surface area (Å²) in [4.78, 5) is 49.8. The van der Waals surface area contributed by atoms with E-state index >= 15 is 0 Å². The van der Waals surface area contributed by atoms with E-state index in [1.807, 2.05) is 19.9 Å². The van der Waals surface area contributed by atoms with Crippen LogP contribution in [0.1, 0.15) is 31.4 Å². The largest absolute Gasteiger partial charge is 0.508 e. The van der Waals surface area contributed by atoms with Gasteiger partial charge in [0.1, 0.15) is 17.8 Å². The van der Waals surface area contributed by atoms with Gasteiger partial charge in [0.25, 0.3) is 0 Å². The number of benzene rings is 2. The Morgan fingerprint density at radius 3 is 2.05 bits per heavy atom. The van der Waals surface area contributed by atoms with Crippen molar-refractivity contribution in [2.24, 2.45) is 11.7 Å². The summed E-state index contributed by atoms with van der Waals surface area (Å²) < 4.78 is 0. The highest BCUT2D eigenvalue weighted by Crippen LogP contribution is 2.11. The van der Waals surface area contributed by atoms with Crippen LogP contribution < -0.4 is 27.0 Å². The fourth-order valence-corrected chi connectivity index (χ4v) is 3.93. The molecule has 0 radical (unpaired) electrons.